The molecule has 5 rings (SSSR count). The van der Waals surface area contributed by atoms with Gasteiger partial charge in [0, 0.05) is 50.0 Å². The van der Waals surface area contributed by atoms with Crippen LogP contribution < -0.4 is 14.7 Å². The SMILES string of the molecule is C[C@@H]1CN(c2ncc(C(=O)O)cc2Cl)CCN1c1cc(-c2ccc(F)cc2)nc(N2CCC[C@H]2CO)n1. The normalized spacial score (nSPS) is 19.9. The Kier molecular flexibility index (Phi) is 7.12. The number of nitrogens with zero attached hydrogens (tertiary/aromatic N) is 6. The zero-order chi connectivity index (χ0) is 26.1. The van der Waals surface area contributed by atoms with Gasteiger partial charge >= 0.3 is 5.97 Å². The fourth-order valence-electron chi connectivity index (χ4n) is 5.03. The molecule has 2 fully saturated rings. The minimum absolute atomic E-state index is 0.0294. The van der Waals surface area contributed by atoms with E-state index in [1.165, 1.54) is 24.4 Å². The van der Waals surface area contributed by atoms with Gasteiger partial charge in [-0.05, 0) is 50.1 Å². The van der Waals surface area contributed by atoms with Crippen LogP contribution in [0.4, 0.5) is 22.0 Å². The lowest BCUT2D eigenvalue weighted by Crippen LogP contribution is -2.53. The number of piperazine rings is 1. The van der Waals surface area contributed by atoms with Crippen molar-refractivity contribution in [1.82, 2.24) is 15.0 Å². The van der Waals surface area contributed by atoms with Gasteiger partial charge in [0.2, 0.25) is 5.95 Å². The summed E-state index contributed by atoms with van der Waals surface area (Å²) in [4.78, 5) is 31.5. The van der Waals surface area contributed by atoms with Crippen molar-refractivity contribution in [3.8, 4) is 11.3 Å². The molecule has 2 aliphatic heterocycles. The summed E-state index contributed by atoms with van der Waals surface area (Å²) in [6, 6.07) is 9.56. The van der Waals surface area contributed by atoms with E-state index in [-0.39, 0.29) is 30.1 Å². The Morgan fingerprint density at radius 1 is 1.14 bits per heavy atom. The predicted octanol–water partition coefficient (Wildman–Crippen LogP) is 3.71. The van der Waals surface area contributed by atoms with Crippen molar-refractivity contribution in [1.29, 1.82) is 0 Å². The molecule has 2 aromatic heterocycles. The second kappa shape index (κ2) is 10.5. The predicted molar refractivity (Wildman–Crippen MR) is 140 cm³/mol. The lowest BCUT2D eigenvalue weighted by atomic mass is 10.1. The molecule has 2 N–H and O–H groups in total. The van der Waals surface area contributed by atoms with Gasteiger partial charge in [-0.1, -0.05) is 11.6 Å². The number of carbonyl (C=O) groups is 1. The number of aromatic nitrogens is 3. The van der Waals surface area contributed by atoms with Gasteiger partial charge in [0.05, 0.1) is 28.9 Å². The number of anilines is 3. The van der Waals surface area contributed by atoms with Crippen LogP contribution in [0, 0.1) is 5.82 Å². The van der Waals surface area contributed by atoms with E-state index in [9.17, 15) is 19.4 Å². The topological polar surface area (TPSA) is 106 Å². The third kappa shape index (κ3) is 5.17. The molecule has 0 amide bonds. The maximum atomic E-state index is 13.6. The van der Waals surface area contributed by atoms with E-state index in [0.717, 1.165) is 30.8 Å². The van der Waals surface area contributed by atoms with E-state index in [1.54, 1.807) is 12.1 Å². The Labute approximate surface area is 219 Å². The quantitative estimate of drug-likeness (QED) is 0.497. The molecular formula is C26H28ClFN6O3. The number of benzene rings is 1. The molecule has 11 heteroatoms. The largest absolute Gasteiger partial charge is 0.478 e. The van der Waals surface area contributed by atoms with Crippen LogP contribution >= 0.6 is 11.6 Å². The number of aliphatic hydroxyl groups excluding tert-OH is 1. The third-order valence-corrected chi connectivity index (χ3v) is 7.25. The smallest absolute Gasteiger partial charge is 0.337 e. The number of hydrogen-bond donors (Lipinski definition) is 2. The van der Waals surface area contributed by atoms with Gasteiger partial charge in [-0.25, -0.2) is 19.2 Å². The molecule has 9 nitrogen and oxygen atoms in total. The average Bonchev–Trinajstić information content (AvgIpc) is 3.38. The minimum atomic E-state index is -1.07. The molecule has 0 bridgehead atoms. The first-order chi connectivity index (χ1) is 17.8. The number of halogens is 2. The number of hydrogen-bond acceptors (Lipinski definition) is 8. The first-order valence-electron chi connectivity index (χ1n) is 12.3. The summed E-state index contributed by atoms with van der Waals surface area (Å²) < 4.78 is 13.6. The van der Waals surface area contributed by atoms with Crippen LogP contribution in [0.1, 0.15) is 30.1 Å². The first-order valence-corrected chi connectivity index (χ1v) is 12.6. The number of pyridine rings is 1. The maximum absolute atomic E-state index is 13.6. The standard InChI is InChI=1S/C26H28ClFN6O3/c1-16-14-32(24-21(27)11-18(13-29-24)25(36)37)9-10-33(16)23-12-22(17-4-6-19(28)7-5-17)30-26(31-23)34-8-2-3-20(34)15-35/h4-7,11-13,16,20,35H,2-3,8-10,14-15H2,1H3,(H,36,37)/t16-,20+/m1/s1. The van der Waals surface area contributed by atoms with E-state index in [1.807, 2.05) is 15.9 Å². The average molecular weight is 527 g/mol. The van der Waals surface area contributed by atoms with Crippen LogP contribution in [0.3, 0.4) is 0 Å². The van der Waals surface area contributed by atoms with Gasteiger partial charge in [-0.3, -0.25) is 0 Å². The van der Waals surface area contributed by atoms with Crippen LogP contribution in [-0.4, -0.2) is 76.0 Å². The molecule has 3 aromatic rings. The molecule has 0 aliphatic carbocycles. The molecule has 0 radical (unpaired) electrons. The molecule has 4 heterocycles. The minimum Gasteiger partial charge on any atom is -0.478 e. The number of carboxylic acid groups (broad SMARTS) is 1. The van der Waals surface area contributed by atoms with Crippen molar-refractivity contribution in [3.63, 3.8) is 0 Å². The van der Waals surface area contributed by atoms with Crippen molar-refractivity contribution in [2.45, 2.75) is 31.8 Å². The molecule has 37 heavy (non-hydrogen) atoms. The van der Waals surface area contributed by atoms with E-state index in [2.05, 4.69) is 16.8 Å². The number of rotatable bonds is 6. The highest BCUT2D eigenvalue weighted by Gasteiger charge is 2.30. The summed E-state index contributed by atoms with van der Waals surface area (Å²) >= 11 is 6.37. The van der Waals surface area contributed by atoms with Gasteiger partial charge in [0.15, 0.2) is 0 Å². The van der Waals surface area contributed by atoms with Gasteiger partial charge in [0.25, 0.3) is 0 Å². The van der Waals surface area contributed by atoms with E-state index in [0.29, 0.717) is 42.1 Å². The highest BCUT2D eigenvalue weighted by Crippen LogP contribution is 2.32. The first kappa shape index (κ1) is 25.2. The highest BCUT2D eigenvalue weighted by atomic mass is 35.5. The third-order valence-electron chi connectivity index (χ3n) is 6.98. The van der Waals surface area contributed by atoms with Gasteiger partial charge in [-0.15, -0.1) is 0 Å². The summed E-state index contributed by atoms with van der Waals surface area (Å²) in [5.74, 6) is 0.470. The molecular weight excluding hydrogens is 499 g/mol. The second-order valence-corrected chi connectivity index (χ2v) is 9.82. The molecule has 2 saturated heterocycles. The summed E-state index contributed by atoms with van der Waals surface area (Å²) in [5.41, 5.74) is 1.52. The maximum Gasteiger partial charge on any atom is 0.337 e. The van der Waals surface area contributed by atoms with Gasteiger partial charge < -0.3 is 24.9 Å². The van der Waals surface area contributed by atoms with Crippen molar-refractivity contribution >= 4 is 35.2 Å². The summed E-state index contributed by atoms with van der Waals surface area (Å²) in [6.45, 7) is 4.71. The Balaban J connectivity index is 1.45. The fraction of sp³-hybridized carbons (Fsp3) is 0.385. The molecule has 194 valence electrons. The van der Waals surface area contributed by atoms with Crippen molar-refractivity contribution in [2.24, 2.45) is 0 Å². The second-order valence-electron chi connectivity index (χ2n) is 9.41. The van der Waals surface area contributed by atoms with E-state index in [4.69, 9.17) is 21.6 Å². The lowest BCUT2D eigenvalue weighted by Gasteiger charge is -2.41. The van der Waals surface area contributed by atoms with Crippen LogP contribution in [0.5, 0.6) is 0 Å². The van der Waals surface area contributed by atoms with E-state index < -0.39 is 5.97 Å². The Morgan fingerprint density at radius 3 is 2.59 bits per heavy atom. The number of aliphatic hydroxyl groups is 1. The summed E-state index contributed by atoms with van der Waals surface area (Å²) in [5, 5.41) is 19.4. The zero-order valence-electron chi connectivity index (χ0n) is 20.4. The zero-order valence-corrected chi connectivity index (χ0v) is 21.1. The monoisotopic (exact) mass is 526 g/mol. The molecule has 0 saturated carbocycles. The highest BCUT2D eigenvalue weighted by molar-refractivity contribution is 6.33. The summed E-state index contributed by atoms with van der Waals surface area (Å²) in [6.07, 6.45) is 3.15. The van der Waals surface area contributed by atoms with Crippen molar-refractivity contribution in [2.75, 3.05) is 47.5 Å². The van der Waals surface area contributed by atoms with Gasteiger partial charge in [-0.2, -0.15) is 4.98 Å². The summed E-state index contributed by atoms with van der Waals surface area (Å²) in [7, 11) is 0. The van der Waals surface area contributed by atoms with Crippen LogP contribution in [0.25, 0.3) is 11.3 Å². The molecule has 2 atom stereocenters. The molecule has 0 spiro atoms. The fourth-order valence-corrected chi connectivity index (χ4v) is 5.31. The number of carboxylic acids is 1. The Hall–Kier alpha value is -3.50. The van der Waals surface area contributed by atoms with Gasteiger partial charge in [0.1, 0.15) is 17.5 Å². The molecule has 2 aliphatic rings. The van der Waals surface area contributed by atoms with Crippen LogP contribution in [-0.2, 0) is 0 Å². The van der Waals surface area contributed by atoms with Crippen LogP contribution in [0.2, 0.25) is 5.02 Å². The van der Waals surface area contributed by atoms with Crippen molar-refractivity contribution < 1.29 is 19.4 Å². The Morgan fingerprint density at radius 2 is 1.92 bits per heavy atom. The Bertz CT molecular complexity index is 1290. The van der Waals surface area contributed by atoms with Crippen LogP contribution in [0.15, 0.2) is 42.6 Å². The molecule has 0 unspecified atom stereocenters. The van der Waals surface area contributed by atoms with Crippen molar-refractivity contribution in [3.05, 3.63) is 59.0 Å². The lowest BCUT2D eigenvalue weighted by molar-refractivity contribution is 0.0696. The van der Waals surface area contributed by atoms with E-state index >= 15 is 0 Å². The molecule has 1 aromatic carbocycles. The number of aromatic carboxylic acids is 1.